The molecule has 0 aromatic carbocycles. The first-order valence-electron chi connectivity index (χ1n) is 5.96. The van der Waals surface area contributed by atoms with Crippen molar-refractivity contribution < 1.29 is 9.53 Å². The average Bonchev–Trinajstić information content (AvgIpc) is 2.10. The van der Waals surface area contributed by atoms with Gasteiger partial charge in [0.25, 0.3) is 0 Å². The summed E-state index contributed by atoms with van der Waals surface area (Å²) in [4.78, 5) is 11.3. The molecule has 1 N–H and O–H groups in total. The molecule has 0 heterocycles. The predicted octanol–water partition coefficient (Wildman–Crippen LogP) is 2.35. The second kappa shape index (κ2) is 8.72. The molecule has 15 heavy (non-hydrogen) atoms. The molecule has 1 unspecified atom stereocenters. The van der Waals surface area contributed by atoms with E-state index in [1.165, 1.54) is 12.8 Å². The highest BCUT2D eigenvalue weighted by atomic mass is 16.5. The van der Waals surface area contributed by atoms with Crippen molar-refractivity contribution >= 4 is 5.97 Å². The van der Waals surface area contributed by atoms with Gasteiger partial charge in [-0.2, -0.15) is 0 Å². The van der Waals surface area contributed by atoms with Gasteiger partial charge >= 0.3 is 5.97 Å². The number of unbranched alkanes of at least 4 members (excludes halogenated alkanes) is 1. The third-order valence-corrected chi connectivity index (χ3v) is 2.05. The van der Waals surface area contributed by atoms with Crippen molar-refractivity contribution in [2.45, 2.75) is 53.1 Å². The molecule has 0 bridgehead atoms. The highest BCUT2D eigenvalue weighted by molar-refractivity contribution is 5.69. The Labute approximate surface area is 93.6 Å². The van der Waals surface area contributed by atoms with Gasteiger partial charge in [0, 0.05) is 13.0 Å². The van der Waals surface area contributed by atoms with E-state index in [-0.39, 0.29) is 12.1 Å². The Morgan fingerprint density at radius 1 is 1.33 bits per heavy atom. The van der Waals surface area contributed by atoms with Crippen LogP contribution in [0.1, 0.15) is 47.0 Å². The zero-order valence-corrected chi connectivity index (χ0v) is 10.5. The van der Waals surface area contributed by atoms with Crippen molar-refractivity contribution in [3.63, 3.8) is 0 Å². The highest BCUT2D eigenvalue weighted by Crippen LogP contribution is 2.02. The van der Waals surface area contributed by atoms with Gasteiger partial charge in [-0.15, -0.1) is 0 Å². The fourth-order valence-electron chi connectivity index (χ4n) is 1.25. The van der Waals surface area contributed by atoms with E-state index in [1.54, 1.807) is 0 Å². The summed E-state index contributed by atoms with van der Waals surface area (Å²) in [5.74, 6) is 0.285. The minimum atomic E-state index is -0.0882. The topological polar surface area (TPSA) is 38.3 Å². The van der Waals surface area contributed by atoms with E-state index in [9.17, 15) is 4.79 Å². The van der Waals surface area contributed by atoms with Gasteiger partial charge in [0.15, 0.2) is 0 Å². The molecule has 0 amide bonds. The molecular weight excluding hydrogens is 190 g/mol. The zero-order valence-electron chi connectivity index (χ0n) is 10.5. The third-order valence-electron chi connectivity index (χ3n) is 2.05. The normalized spacial score (nSPS) is 12.9. The molecular formula is C12H25NO2. The number of rotatable bonds is 8. The Balaban J connectivity index is 3.46. The highest BCUT2D eigenvalue weighted by Gasteiger charge is 2.10. The molecule has 0 radical (unpaired) electrons. The monoisotopic (exact) mass is 215 g/mol. The van der Waals surface area contributed by atoms with Crippen molar-refractivity contribution in [2.24, 2.45) is 5.92 Å². The summed E-state index contributed by atoms with van der Waals surface area (Å²) in [6.45, 7) is 9.88. The maximum atomic E-state index is 11.3. The Morgan fingerprint density at radius 3 is 2.53 bits per heavy atom. The summed E-state index contributed by atoms with van der Waals surface area (Å²) in [5, 5.41) is 3.27. The Hall–Kier alpha value is -0.570. The van der Waals surface area contributed by atoms with Gasteiger partial charge in [0.1, 0.15) is 6.10 Å². The van der Waals surface area contributed by atoms with E-state index in [4.69, 9.17) is 4.74 Å². The number of carbonyl (C=O) groups is 1. The van der Waals surface area contributed by atoms with E-state index < -0.39 is 0 Å². The van der Waals surface area contributed by atoms with Gasteiger partial charge in [0.2, 0.25) is 0 Å². The quantitative estimate of drug-likeness (QED) is 0.499. The van der Waals surface area contributed by atoms with Crippen LogP contribution in [0.4, 0.5) is 0 Å². The van der Waals surface area contributed by atoms with Crippen LogP contribution < -0.4 is 5.32 Å². The Bertz CT molecular complexity index is 169. The molecule has 3 heteroatoms. The van der Waals surface area contributed by atoms with Gasteiger partial charge < -0.3 is 10.1 Å². The van der Waals surface area contributed by atoms with Crippen LogP contribution in [0.15, 0.2) is 0 Å². The van der Waals surface area contributed by atoms with Crippen molar-refractivity contribution in [1.29, 1.82) is 0 Å². The van der Waals surface area contributed by atoms with Gasteiger partial charge in [-0.1, -0.05) is 27.2 Å². The van der Waals surface area contributed by atoms with E-state index >= 15 is 0 Å². The lowest BCUT2D eigenvalue weighted by Gasteiger charge is -2.14. The lowest BCUT2D eigenvalue weighted by atomic mass is 10.1. The number of esters is 1. The van der Waals surface area contributed by atoms with Gasteiger partial charge in [-0.05, 0) is 25.8 Å². The molecule has 0 saturated carbocycles. The first-order valence-corrected chi connectivity index (χ1v) is 5.96. The first kappa shape index (κ1) is 14.4. The SMILES string of the molecule is CCCCNCC(C)OC(=O)CC(C)C. The lowest BCUT2D eigenvalue weighted by molar-refractivity contribution is -0.148. The molecule has 0 fully saturated rings. The second-order valence-electron chi connectivity index (χ2n) is 4.46. The molecule has 0 aromatic heterocycles. The maximum Gasteiger partial charge on any atom is 0.306 e. The second-order valence-corrected chi connectivity index (χ2v) is 4.46. The Kier molecular flexibility index (Phi) is 8.38. The summed E-state index contributed by atoms with van der Waals surface area (Å²) in [5.41, 5.74) is 0. The fraction of sp³-hybridized carbons (Fsp3) is 0.917. The van der Waals surface area contributed by atoms with Crippen LogP contribution in [0, 0.1) is 5.92 Å². The summed E-state index contributed by atoms with van der Waals surface area (Å²) in [6, 6.07) is 0. The van der Waals surface area contributed by atoms with Crippen molar-refractivity contribution in [3.8, 4) is 0 Å². The minimum Gasteiger partial charge on any atom is -0.461 e. The largest absolute Gasteiger partial charge is 0.461 e. The van der Waals surface area contributed by atoms with Gasteiger partial charge in [0.05, 0.1) is 0 Å². The number of nitrogens with one attached hydrogen (secondary N) is 1. The molecule has 90 valence electrons. The summed E-state index contributed by atoms with van der Waals surface area (Å²) in [7, 11) is 0. The molecule has 0 aromatic rings. The molecule has 3 nitrogen and oxygen atoms in total. The summed E-state index contributed by atoms with van der Waals surface area (Å²) < 4.78 is 5.24. The van der Waals surface area contributed by atoms with Crippen LogP contribution in [0.5, 0.6) is 0 Å². The lowest BCUT2D eigenvalue weighted by Crippen LogP contribution is -2.29. The molecule has 0 aliphatic heterocycles. The van der Waals surface area contributed by atoms with E-state index in [0.29, 0.717) is 12.3 Å². The molecule has 1 atom stereocenters. The van der Waals surface area contributed by atoms with Crippen LogP contribution in [0.2, 0.25) is 0 Å². The minimum absolute atomic E-state index is 0.0203. The van der Waals surface area contributed by atoms with Crippen LogP contribution in [0.3, 0.4) is 0 Å². The predicted molar refractivity (Wildman–Crippen MR) is 62.8 cm³/mol. The summed E-state index contributed by atoms with van der Waals surface area (Å²) >= 11 is 0. The maximum absolute atomic E-state index is 11.3. The van der Waals surface area contributed by atoms with Crippen molar-refractivity contribution in [1.82, 2.24) is 5.32 Å². The van der Waals surface area contributed by atoms with E-state index in [1.807, 2.05) is 20.8 Å². The number of ether oxygens (including phenoxy) is 1. The van der Waals surface area contributed by atoms with Crippen LogP contribution in [-0.2, 0) is 9.53 Å². The smallest absolute Gasteiger partial charge is 0.306 e. The third kappa shape index (κ3) is 9.73. The average molecular weight is 215 g/mol. The first-order chi connectivity index (χ1) is 7.06. The number of hydrogen-bond donors (Lipinski definition) is 1. The van der Waals surface area contributed by atoms with Crippen LogP contribution in [0.25, 0.3) is 0 Å². The zero-order chi connectivity index (χ0) is 11.7. The van der Waals surface area contributed by atoms with E-state index in [0.717, 1.165) is 13.1 Å². The standard InChI is InChI=1S/C12H25NO2/c1-5-6-7-13-9-11(4)15-12(14)8-10(2)3/h10-11,13H,5-9H2,1-4H3. The molecule has 0 aliphatic rings. The van der Waals surface area contributed by atoms with Gasteiger partial charge in [-0.3, -0.25) is 4.79 Å². The molecule has 0 saturated heterocycles. The van der Waals surface area contributed by atoms with Crippen molar-refractivity contribution in [3.05, 3.63) is 0 Å². The number of carbonyl (C=O) groups excluding carboxylic acids is 1. The van der Waals surface area contributed by atoms with Crippen molar-refractivity contribution in [2.75, 3.05) is 13.1 Å². The Morgan fingerprint density at radius 2 is 2.00 bits per heavy atom. The summed E-state index contributed by atoms with van der Waals surface area (Å²) in [6.07, 6.45) is 2.86. The number of hydrogen-bond acceptors (Lipinski definition) is 3. The fourth-order valence-corrected chi connectivity index (χ4v) is 1.25. The molecule has 0 aliphatic carbocycles. The van der Waals surface area contributed by atoms with Crippen LogP contribution >= 0.6 is 0 Å². The molecule has 0 spiro atoms. The van der Waals surface area contributed by atoms with Gasteiger partial charge in [-0.25, -0.2) is 0 Å². The molecule has 0 rings (SSSR count). The van der Waals surface area contributed by atoms with Crippen LogP contribution in [-0.4, -0.2) is 25.2 Å². The van der Waals surface area contributed by atoms with E-state index in [2.05, 4.69) is 12.2 Å².